The molecule has 0 saturated carbocycles. The number of amides is 1. The molecular weight excluding hydrogens is 418 g/mol. The molecule has 2 fully saturated rings. The number of rotatable bonds is 4. The van der Waals surface area contributed by atoms with Gasteiger partial charge in [0, 0.05) is 67.9 Å². The molecule has 2 aromatic carbocycles. The standard InChI is InChI=1S/C26H29N3O4/c1-3-22(30)29-14-12-28(13-15-29)21-9-5-6-18(17(21)2)24(31)19-7-4-8-20-23(19)25(32)33-26(20)10-11-27-16-26/h4-9,27H,3,10-16H2,1-2H3/t26-/m0/s1. The Morgan fingerprint density at radius 2 is 1.79 bits per heavy atom. The number of ether oxygens (including phenoxy) is 1. The summed E-state index contributed by atoms with van der Waals surface area (Å²) in [7, 11) is 0. The molecule has 3 heterocycles. The highest BCUT2D eigenvalue weighted by molar-refractivity contribution is 6.16. The molecule has 3 aliphatic rings. The second-order valence-electron chi connectivity index (χ2n) is 9.04. The minimum atomic E-state index is -0.658. The molecule has 172 valence electrons. The van der Waals surface area contributed by atoms with Crippen LogP contribution in [0.1, 0.15) is 57.2 Å². The van der Waals surface area contributed by atoms with Crippen molar-refractivity contribution in [3.8, 4) is 0 Å². The Labute approximate surface area is 193 Å². The molecule has 5 rings (SSSR count). The first-order chi connectivity index (χ1) is 15.9. The Morgan fingerprint density at radius 1 is 1.06 bits per heavy atom. The third-order valence-electron chi connectivity index (χ3n) is 7.23. The van der Waals surface area contributed by atoms with E-state index in [9.17, 15) is 14.4 Å². The zero-order valence-corrected chi connectivity index (χ0v) is 19.1. The highest BCUT2D eigenvalue weighted by atomic mass is 16.6. The van der Waals surface area contributed by atoms with E-state index < -0.39 is 11.6 Å². The van der Waals surface area contributed by atoms with Crippen molar-refractivity contribution in [3.05, 3.63) is 64.2 Å². The van der Waals surface area contributed by atoms with Crippen molar-refractivity contribution in [2.45, 2.75) is 32.3 Å². The number of piperazine rings is 1. The average Bonchev–Trinajstić information content (AvgIpc) is 3.43. The lowest BCUT2D eigenvalue weighted by atomic mass is 9.86. The third-order valence-corrected chi connectivity index (χ3v) is 7.23. The summed E-state index contributed by atoms with van der Waals surface area (Å²) >= 11 is 0. The van der Waals surface area contributed by atoms with E-state index >= 15 is 0 Å². The maximum absolute atomic E-state index is 13.7. The third kappa shape index (κ3) is 3.51. The van der Waals surface area contributed by atoms with E-state index in [-0.39, 0.29) is 11.7 Å². The topological polar surface area (TPSA) is 79.0 Å². The van der Waals surface area contributed by atoms with Crippen LogP contribution in [0.15, 0.2) is 36.4 Å². The van der Waals surface area contributed by atoms with Crippen LogP contribution in [0, 0.1) is 6.92 Å². The van der Waals surface area contributed by atoms with E-state index in [1.165, 1.54) is 0 Å². The minimum absolute atomic E-state index is 0.161. The van der Waals surface area contributed by atoms with E-state index in [4.69, 9.17) is 4.74 Å². The first-order valence-corrected chi connectivity index (χ1v) is 11.7. The van der Waals surface area contributed by atoms with Crippen LogP contribution in [0.3, 0.4) is 0 Å². The van der Waals surface area contributed by atoms with Crippen LogP contribution in [-0.4, -0.2) is 61.8 Å². The van der Waals surface area contributed by atoms with Gasteiger partial charge in [0.25, 0.3) is 0 Å². The van der Waals surface area contributed by atoms with Crippen molar-refractivity contribution >= 4 is 23.3 Å². The highest BCUT2D eigenvalue weighted by Crippen LogP contribution is 2.42. The van der Waals surface area contributed by atoms with Crippen molar-refractivity contribution in [3.63, 3.8) is 0 Å². The smallest absolute Gasteiger partial charge is 0.340 e. The Balaban J connectivity index is 1.45. The van der Waals surface area contributed by atoms with E-state index in [1.54, 1.807) is 6.07 Å². The number of fused-ring (bicyclic) bond motifs is 2. The molecule has 1 amide bonds. The van der Waals surface area contributed by atoms with E-state index in [0.29, 0.717) is 49.2 Å². The van der Waals surface area contributed by atoms with Crippen LogP contribution >= 0.6 is 0 Å². The Kier molecular flexibility index (Phi) is 5.44. The molecular formula is C26H29N3O4. The number of esters is 1. The molecule has 1 atom stereocenters. The van der Waals surface area contributed by atoms with Gasteiger partial charge >= 0.3 is 5.97 Å². The second-order valence-corrected chi connectivity index (χ2v) is 9.04. The number of nitrogens with one attached hydrogen (secondary N) is 1. The van der Waals surface area contributed by atoms with Crippen LogP contribution in [0.2, 0.25) is 0 Å². The number of hydrogen-bond acceptors (Lipinski definition) is 6. The molecule has 2 aromatic rings. The first kappa shape index (κ1) is 21.6. The molecule has 7 nitrogen and oxygen atoms in total. The number of ketones is 1. The molecule has 0 aromatic heterocycles. The Morgan fingerprint density at radius 3 is 2.48 bits per heavy atom. The number of nitrogens with zero attached hydrogens (tertiary/aromatic N) is 2. The quantitative estimate of drug-likeness (QED) is 0.574. The Hall–Kier alpha value is -3.19. The maximum Gasteiger partial charge on any atom is 0.340 e. The molecule has 1 N–H and O–H groups in total. The van der Waals surface area contributed by atoms with E-state index in [2.05, 4.69) is 10.2 Å². The predicted molar refractivity (Wildman–Crippen MR) is 125 cm³/mol. The van der Waals surface area contributed by atoms with Crippen molar-refractivity contribution < 1.29 is 19.1 Å². The maximum atomic E-state index is 13.7. The van der Waals surface area contributed by atoms with Crippen LogP contribution in [-0.2, 0) is 15.1 Å². The fourth-order valence-corrected chi connectivity index (χ4v) is 5.39. The molecule has 3 aliphatic heterocycles. The van der Waals surface area contributed by atoms with Gasteiger partial charge in [-0.1, -0.05) is 37.3 Å². The number of hydrogen-bond donors (Lipinski definition) is 1. The van der Waals surface area contributed by atoms with Crippen LogP contribution in [0.4, 0.5) is 5.69 Å². The number of anilines is 1. The summed E-state index contributed by atoms with van der Waals surface area (Å²) in [4.78, 5) is 42.7. The van der Waals surface area contributed by atoms with Crippen LogP contribution in [0.25, 0.3) is 0 Å². The first-order valence-electron chi connectivity index (χ1n) is 11.7. The largest absolute Gasteiger partial charge is 0.449 e. The van der Waals surface area contributed by atoms with Gasteiger partial charge in [0.15, 0.2) is 11.4 Å². The number of carbonyl (C=O) groups is 3. The van der Waals surface area contributed by atoms with Gasteiger partial charge in [-0.05, 0) is 25.1 Å². The lowest BCUT2D eigenvalue weighted by Gasteiger charge is -2.37. The van der Waals surface area contributed by atoms with Crippen LogP contribution < -0.4 is 10.2 Å². The van der Waals surface area contributed by atoms with Gasteiger partial charge in [-0.25, -0.2) is 4.79 Å². The van der Waals surface area contributed by atoms with Gasteiger partial charge < -0.3 is 19.9 Å². The minimum Gasteiger partial charge on any atom is -0.449 e. The summed E-state index contributed by atoms with van der Waals surface area (Å²) in [6.45, 7) is 8.01. The van der Waals surface area contributed by atoms with E-state index in [0.717, 1.165) is 36.4 Å². The molecule has 0 unspecified atom stereocenters. The fourth-order valence-electron chi connectivity index (χ4n) is 5.39. The van der Waals surface area contributed by atoms with Crippen molar-refractivity contribution in [1.82, 2.24) is 10.2 Å². The molecule has 33 heavy (non-hydrogen) atoms. The second kappa shape index (κ2) is 8.30. The number of carbonyl (C=O) groups excluding carboxylic acids is 3. The van der Waals surface area contributed by atoms with Crippen LogP contribution in [0.5, 0.6) is 0 Å². The molecule has 0 aliphatic carbocycles. The van der Waals surface area contributed by atoms with Crippen molar-refractivity contribution in [2.24, 2.45) is 0 Å². The SMILES string of the molecule is CCC(=O)N1CCN(c2cccc(C(=O)c3cccc4c3C(=O)O[C@]43CCNC3)c2C)CC1. The monoisotopic (exact) mass is 447 g/mol. The van der Waals surface area contributed by atoms with Gasteiger partial charge in [0.05, 0.1) is 5.56 Å². The summed E-state index contributed by atoms with van der Waals surface area (Å²) in [6.07, 6.45) is 1.23. The highest BCUT2D eigenvalue weighted by Gasteiger charge is 2.49. The lowest BCUT2D eigenvalue weighted by Crippen LogP contribution is -2.48. The predicted octanol–water partition coefficient (Wildman–Crippen LogP) is 2.64. The molecule has 2 saturated heterocycles. The van der Waals surface area contributed by atoms with Gasteiger partial charge in [-0.3, -0.25) is 9.59 Å². The average molecular weight is 448 g/mol. The Bertz CT molecular complexity index is 1130. The summed E-state index contributed by atoms with van der Waals surface area (Å²) in [5, 5.41) is 3.27. The zero-order valence-electron chi connectivity index (χ0n) is 19.1. The molecule has 7 heteroatoms. The molecule has 0 bridgehead atoms. The van der Waals surface area contributed by atoms with Gasteiger partial charge in [0.1, 0.15) is 0 Å². The summed E-state index contributed by atoms with van der Waals surface area (Å²) < 4.78 is 5.80. The molecule has 0 radical (unpaired) electrons. The van der Waals surface area contributed by atoms with Gasteiger partial charge in [-0.15, -0.1) is 0 Å². The zero-order chi connectivity index (χ0) is 23.2. The summed E-state index contributed by atoms with van der Waals surface area (Å²) in [6, 6.07) is 11.2. The van der Waals surface area contributed by atoms with Crippen molar-refractivity contribution in [2.75, 3.05) is 44.2 Å². The van der Waals surface area contributed by atoms with Gasteiger partial charge in [0.2, 0.25) is 5.91 Å². The summed E-state index contributed by atoms with van der Waals surface area (Å²) in [5.74, 6) is -0.399. The summed E-state index contributed by atoms with van der Waals surface area (Å²) in [5.41, 5.74) is 3.44. The van der Waals surface area contributed by atoms with Gasteiger partial charge in [-0.2, -0.15) is 0 Å². The normalized spacial score (nSPS) is 21.9. The number of benzene rings is 2. The van der Waals surface area contributed by atoms with E-state index in [1.807, 2.05) is 49.1 Å². The lowest BCUT2D eigenvalue weighted by molar-refractivity contribution is -0.131. The van der Waals surface area contributed by atoms with Crippen molar-refractivity contribution in [1.29, 1.82) is 0 Å². The fraction of sp³-hybridized carbons (Fsp3) is 0.423. The molecule has 1 spiro atoms.